The third-order valence-corrected chi connectivity index (χ3v) is 3.29. The van der Waals surface area contributed by atoms with Crippen LogP contribution in [0.4, 0.5) is 5.69 Å². The highest BCUT2D eigenvalue weighted by Crippen LogP contribution is 2.23. The van der Waals surface area contributed by atoms with Gasteiger partial charge < -0.3 is 9.73 Å². The lowest BCUT2D eigenvalue weighted by atomic mass is 10.2. The number of nitrogens with one attached hydrogen (secondary N) is 1. The minimum atomic E-state index is -0.320. The molecule has 1 amide bonds. The van der Waals surface area contributed by atoms with E-state index in [-0.39, 0.29) is 11.7 Å². The van der Waals surface area contributed by atoms with Gasteiger partial charge in [0.05, 0.1) is 0 Å². The Morgan fingerprint density at radius 2 is 1.65 bits per heavy atom. The highest BCUT2D eigenvalue weighted by molar-refractivity contribution is 6.31. The zero-order valence-electron chi connectivity index (χ0n) is 10.2. The normalized spacial score (nSPS) is 10.7. The van der Waals surface area contributed by atoms with Crippen molar-refractivity contribution in [1.29, 1.82) is 0 Å². The van der Waals surface area contributed by atoms with Crippen molar-refractivity contribution in [2.45, 2.75) is 0 Å². The van der Waals surface area contributed by atoms with Crippen molar-refractivity contribution < 1.29 is 9.21 Å². The van der Waals surface area contributed by atoms with Crippen LogP contribution < -0.4 is 5.32 Å². The minimum absolute atomic E-state index is 0.234. The van der Waals surface area contributed by atoms with Gasteiger partial charge >= 0.3 is 0 Å². The number of amides is 1. The molecule has 0 radical (unpaired) electrons. The SMILES string of the molecule is O=C(Nc1ccc(Cl)cc1)c1cc2cc(Cl)ccc2o1. The molecule has 3 aromatic rings. The monoisotopic (exact) mass is 305 g/mol. The van der Waals surface area contributed by atoms with E-state index in [0.29, 0.717) is 21.3 Å². The highest BCUT2D eigenvalue weighted by atomic mass is 35.5. The summed E-state index contributed by atoms with van der Waals surface area (Å²) in [5.74, 6) is -0.0862. The largest absolute Gasteiger partial charge is 0.451 e. The van der Waals surface area contributed by atoms with Crippen LogP contribution in [0.2, 0.25) is 10.0 Å². The molecule has 2 aromatic carbocycles. The molecule has 1 N–H and O–H groups in total. The van der Waals surface area contributed by atoms with Crippen LogP contribution >= 0.6 is 23.2 Å². The molecule has 0 unspecified atom stereocenters. The molecule has 5 heteroatoms. The molecule has 100 valence electrons. The molecular weight excluding hydrogens is 297 g/mol. The van der Waals surface area contributed by atoms with Crippen LogP contribution in [0.25, 0.3) is 11.0 Å². The Hall–Kier alpha value is -1.97. The van der Waals surface area contributed by atoms with Gasteiger partial charge in [-0.25, -0.2) is 0 Å². The third-order valence-electron chi connectivity index (χ3n) is 2.80. The van der Waals surface area contributed by atoms with Crippen LogP contribution in [0, 0.1) is 0 Å². The zero-order valence-corrected chi connectivity index (χ0v) is 11.7. The van der Waals surface area contributed by atoms with Crippen LogP contribution in [0.15, 0.2) is 52.9 Å². The van der Waals surface area contributed by atoms with Gasteiger partial charge in [0, 0.05) is 21.1 Å². The van der Waals surface area contributed by atoms with Gasteiger partial charge in [-0.1, -0.05) is 23.2 Å². The Bertz CT molecular complexity index is 778. The van der Waals surface area contributed by atoms with Crippen molar-refractivity contribution in [3.8, 4) is 0 Å². The molecule has 0 spiro atoms. The number of anilines is 1. The van der Waals surface area contributed by atoms with E-state index in [0.717, 1.165) is 5.39 Å². The second-order valence-electron chi connectivity index (χ2n) is 4.25. The summed E-state index contributed by atoms with van der Waals surface area (Å²) in [5.41, 5.74) is 1.27. The summed E-state index contributed by atoms with van der Waals surface area (Å²) in [4.78, 5) is 12.1. The summed E-state index contributed by atoms with van der Waals surface area (Å²) < 4.78 is 5.48. The fourth-order valence-electron chi connectivity index (χ4n) is 1.85. The Morgan fingerprint density at radius 1 is 0.950 bits per heavy atom. The zero-order chi connectivity index (χ0) is 14.1. The average Bonchev–Trinajstić information content (AvgIpc) is 2.84. The molecule has 0 aliphatic carbocycles. The van der Waals surface area contributed by atoms with Gasteiger partial charge in [0.2, 0.25) is 0 Å². The summed E-state index contributed by atoms with van der Waals surface area (Å²) in [6.07, 6.45) is 0. The molecular formula is C15H9Cl2NO2. The van der Waals surface area contributed by atoms with Gasteiger partial charge in [0.25, 0.3) is 5.91 Å². The van der Waals surface area contributed by atoms with E-state index in [1.165, 1.54) is 0 Å². The number of carbonyl (C=O) groups is 1. The lowest BCUT2D eigenvalue weighted by Crippen LogP contribution is -2.10. The Balaban J connectivity index is 1.86. The van der Waals surface area contributed by atoms with E-state index in [4.69, 9.17) is 27.6 Å². The Kier molecular flexibility index (Phi) is 3.38. The van der Waals surface area contributed by atoms with Crippen molar-refractivity contribution >= 4 is 45.8 Å². The molecule has 3 rings (SSSR count). The van der Waals surface area contributed by atoms with E-state index in [2.05, 4.69) is 5.32 Å². The maximum absolute atomic E-state index is 12.1. The molecule has 0 bridgehead atoms. The molecule has 1 heterocycles. The number of hydrogen-bond acceptors (Lipinski definition) is 2. The maximum atomic E-state index is 12.1. The number of furan rings is 1. The van der Waals surface area contributed by atoms with E-state index >= 15 is 0 Å². The molecule has 0 aliphatic heterocycles. The second kappa shape index (κ2) is 5.19. The lowest BCUT2D eigenvalue weighted by Gasteiger charge is -2.02. The van der Waals surface area contributed by atoms with Gasteiger partial charge in [-0.2, -0.15) is 0 Å². The van der Waals surface area contributed by atoms with E-state index < -0.39 is 0 Å². The van der Waals surface area contributed by atoms with Crippen LogP contribution in [-0.4, -0.2) is 5.91 Å². The van der Waals surface area contributed by atoms with Gasteiger partial charge in [-0.05, 0) is 48.5 Å². The molecule has 0 fully saturated rings. The highest BCUT2D eigenvalue weighted by Gasteiger charge is 2.12. The topological polar surface area (TPSA) is 42.2 Å². The van der Waals surface area contributed by atoms with Crippen LogP contribution in [-0.2, 0) is 0 Å². The van der Waals surface area contributed by atoms with Crippen molar-refractivity contribution in [2.24, 2.45) is 0 Å². The first-order valence-corrected chi connectivity index (χ1v) is 6.63. The van der Waals surface area contributed by atoms with Crippen LogP contribution in [0.3, 0.4) is 0 Å². The lowest BCUT2D eigenvalue weighted by molar-refractivity contribution is 0.0998. The van der Waals surface area contributed by atoms with Crippen LogP contribution in [0.1, 0.15) is 10.6 Å². The average molecular weight is 306 g/mol. The molecule has 3 nitrogen and oxygen atoms in total. The van der Waals surface area contributed by atoms with Gasteiger partial charge in [0.15, 0.2) is 5.76 Å². The van der Waals surface area contributed by atoms with Crippen molar-refractivity contribution in [3.63, 3.8) is 0 Å². The summed E-state index contributed by atoms with van der Waals surface area (Å²) in [5, 5.41) is 4.74. The molecule has 0 aliphatic rings. The number of carbonyl (C=O) groups excluding carboxylic acids is 1. The Labute approximate surface area is 125 Å². The van der Waals surface area contributed by atoms with Crippen molar-refractivity contribution in [1.82, 2.24) is 0 Å². The predicted molar refractivity (Wildman–Crippen MR) is 80.6 cm³/mol. The number of hydrogen-bond donors (Lipinski definition) is 1. The van der Waals surface area contributed by atoms with Gasteiger partial charge in [0.1, 0.15) is 5.58 Å². The quantitative estimate of drug-likeness (QED) is 0.724. The summed E-state index contributed by atoms with van der Waals surface area (Å²) in [7, 11) is 0. The van der Waals surface area contributed by atoms with Crippen molar-refractivity contribution in [3.05, 3.63) is 64.3 Å². The van der Waals surface area contributed by atoms with E-state index in [9.17, 15) is 4.79 Å². The number of fused-ring (bicyclic) bond motifs is 1. The van der Waals surface area contributed by atoms with Gasteiger partial charge in [-0.3, -0.25) is 4.79 Å². The van der Waals surface area contributed by atoms with E-state index in [1.54, 1.807) is 48.5 Å². The molecule has 20 heavy (non-hydrogen) atoms. The summed E-state index contributed by atoms with van der Waals surface area (Å²) in [6.45, 7) is 0. The number of halogens is 2. The fourth-order valence-corrected chi connectivity index (χ4v) is 2.16. The molecule has 1 aromatic heterocycles. The number of benzene rings is 2. The second-order valence-corrected chi connectivity index (χ2v) is 5.13. The molecule has 0 saturated heterocycles. The first kappa shape index (κ1) is 13.0. The molecule has 0 saturated carbocycles. The summed E-state index contributed by atoms with van der Waals surface area (Å²) in [6, 6.07) is 13.7. The van der Waals surface area contributed by atoms with Gasteiger partial charge in [-0.15, -0.1) is 0 Å². The third kappa shape index (κ3) is 2.64. The fraction of sp³-hybridized carbons (Fsp3) is 0. The predicted octanol–water partition coefficient (Wildman–Crippen LogP) is 4.99. The number of rotatable bonds is 2. The first-order chi connectivity index (χ1) is 9.61. The van der Waals surface area contributed by atoms with Crippen molar-refractivity contribution in [2.75, 3.05) is 5.32 Å². The Morgan fingerprint density at radius 3 is 2.40 bits per heavy atom. The maximum Gasteiger partial charge on any atom is 0.291 e. The van der Waals surface area contributed by atoms with E-state index in [1.807, 2.05) is 0 Å². The van der Waals surface area contributed by atoms with Crippen LogP contribution in [0.5, 0.6) is 0 Å². The minimum Gasteiger partial charge on any atom is -0.451 e. The standard InChI is InChI=1S/C15H9Cl2NO2/c16-10-1-4-12(5-2-10)18-15(19)14-8-9-7-11(17)3-6-13(9)20-14/h1-8H,(H,18,19). The smallest absolute Gasteiger partial charge is 0.291 e. The first-order valence-electron chi connectivity index (χ1n) is 5.88. The molecule has 0 atom stereocenters. The summed E-state index contributed by atoms with van der Waals surface area (Å²) >= 11 is 11.7.